The molecule has 18 heavy (non-hydrogen) atoms. The van der Waals surface area contributed by atoms with Crippen LogP contribution in [-0.2, 0) is 4.74 Å². The van der Waals surface area contributed by atoms with Crippen LogP contribution in [0.25, 0.3) is 0 Å². The molecule has 0 amide bonds. The third-order valence-electron chi connectivity index (χ3n) is 3.01. The quantitative estimate of drug-likeness (QED) is 0.806. The second-order valence-electron chi connectivity index (χ2n) is 4.34. The molecule has 0 N–H and O–H groups in total. The maximum atomic E-state index is 5.93. The third kappa shape index (κ3) is 1.99. The first-order chi connectivity index (χ1) is 8.84. The van der Waals surface area contributed by atoms with Crippen LogP contribution in [0.5, 0.6) is 0 Å². The smallest absolute Gasteiger partial charge is 0.236 e. The fourth-order valence-electron chi connectivity index (χ4n) is 2.11. The van der Waals surface area contributed by atoms with Crippen molar-refractivity contribution >= 4 is 5.90 Å². The molecule has 90 valence electrons. The molecule has 2 aromatic rings. The van der Waals surface area contributed by atoms with E-state index in [0.29, 0.717) is 5.90 Å². The standard InChI is InChI=1S/C15H14N2O/c1-11-14(12-7-3-2-4-8-12)18-15(17-11)13-9-5-6-10-16-13/h2-11,14H,1H3. The fraction of sp³-hybridized carbons (Fsp3) is 0.200. The van der Waals surface area contributed by atoms with Crippen molar-refractivity contribution in [1.82, 2.24) is 4.98 Å². The number of ether oxygens (including phenoxy) is 1. The van der Waals surface area contributed by atoms with Gasteiger partial charge in [-0.3, -0.25) is 4.98 Å². The van der Waals surface area contributed by atoms with Crippen molar-refractivity contribution in [1.29, 1.82) is 0 Å². The second-order valence-corrected chi connectivity index (χ2v) is 4.34. The van der Waals surface area contributed by atoms with Gasteiger partial charge in [-0.25, -0.2) is 4.99 Å². The van der Waals surface area contributed by atoms with E-state index in [2.05, 4.69) is 29.0 Å². The zero-order valence-corrected chi connectivity index (χ0v) is 10.2. The number of rotatable bonds is 2. The molecule has 3 nitrogen and oxygen atoms in total. The monoisotopic (exact) mass is 238 g/mol. The van der Waals surface area contributed by atoms with Gasteiger partial charge in [0, 0.05) is 6.20 Å². The number of aromatic nitrogens is 1. The van der Waals surface area contributed by atoms with E-state index in [4.69, 9.17) is 4.74 Å². The van der Waals surface area contributed by atoms with E-state index in [-0.39, 0.29) is 12.1 Å². The molecule has 2 heterocycles. The van der Waals surface area contributed by atoms with E-state index < -0.39 is 0 Å². The highest BCUT2D eigenvalue weighted by Crippen LogP contribution is 2.30. The van der Waals surface area contributed by atoms with Crippen LogP contribution in [0.2, 0.25) is 0 Å². The molecular weight excluding hydrogens is 224 g/mol. The zero-order chi connectivity index (χ0) is 12.4. The lowest BCUT2D eigenvalue weighted by Gasteiger charge is -2.14. The first kappa shape index (κ1) is 11.0. The maximum Gasteiger partial charge on any atom is 0.236 e. The Balaban J connectivity index is 1.85. The van der Waals surface area contributed by atoms with Crippen molar-refractivity contribution in [3.05, 3.63) is 66.0 Å². The molecule has 3 heteroatoms. The topological polar surface area (TPSA) is 34.5 Å². The number of nitrogens with zero attached hydrogens (tertiary/aromatic N) is 2. The summed E-state index contributed by atoms with van der Waals surface area (Å²) in [6, 6.07) is 16.0. The lowest BCUT2D eigenvalue weighted by atomic mass is 10.0. The zero-order valence-electron chi connectivity index (χ0n) is 10.2. The van der Waals surface area contributed by atoms with E-state index in [1.165, 1.54) is 0 Å². The first-order valence-electron chi connectivity index (χ1n) is 6.05. The summed E-state index contributed by atoms with van der Waals surface area (Å²) < 4.78 is 5.93. The summed E-state index contributed by atoms with van der Waals surface area (Å²) in [5, 5.41) is 0. The minimum Gasteiger partial charge on any atom is -0.466 e. The van der Waals surface area contributed by atoms with Crippen LogP contribution < -0.4 is 0 Å². The molecule has 1 aromatic carbocycles. The van der Waals surface area contributed by atoms with Gasteiger partial charge in [0.15, 0.2) is 0 Å². The summed E-state index contributed by atoms with van der Waals surface area (Å²) in [6.45, 7) is 2.06. The van der Waals surface area contributed by atoms with Crippen LogP contribution in [0.15, 0.2) is 59.7 Å². The highest BCUT2D eigenvalue weighted by molar-refractivity contribution is 5.93. The van der Waals surface area contributed by atoms with Crippen LogP contribution in [0, 0.1) is 0 Å². The predicted molar refractivity (Wildman–Crippen MR) is 70.5 cm³/mol. The molecular formula is C15H14N2O. The molecule has 1 aliphatic heterocycles. The van der Waals surface area contributed by atoms with Crippen molar-refractivity contribution in [2.75, 3.05) is 0 Å². The summed E-state index contributed by atoms with van der Waals surface area (Å²) in [5.41, 5.74) is 1.95. The van der Waals surface area contributed by atoms with Gasteiger partial charge in [0.05, 0.1) is 6.04 Å². The number of hydrogen-bond acceptors (Lipinski definition) is 3. The van der Waals surface area contributed by atoms with Crippen molar-refractivity contribution in [3.8, 4) is 0 Å². The van der Waals surface area contributed by atoms with E-state index >= 15 is 0 Å². The number of pyridine rings is 1. The Bertz CT molecular complexity index is 551. The molecule has 0 spiro atoms. The Hall–Kier alpha value is -2.16. The van der Waals surface area contributed by atoms with Crippen LogP contribution >= 0.6 is 0 Å². The largest absolute Gasteiger partial charge is 0.466 e. The van der Waals surface area contributed by atoms with Crippen LogP contribution in [0.3, 0.4) is 0 Å². The van der Waals surface area contributed by atoms with Crippen molar-refractivity contribution in [2.45, 2.75) is 19.1 Å². The van der Waals surface area contributed by atoms with Crippen LogP contribution in [0.1, 0.15) is 24.3 Å². The fourth-order valence-corrected chi connectivity index (χ4v) is 2.11. The molecule has 0 bridgehead atoms. The normalized spacial score (nSPS) is 22.4. The van der Waals surface area contributed by atoms with Gasteiger partial charge >= 0.3 is 0 Å². The molecule has 0 radical (unpaired) electrons. The second kappa shape index (κ2) is 4.61. The summed E-state index contributed by atoms with van der Waals surface area (Å²) in [5.74, 6) is 0.636. The SMILES string of the molecule is CC1N=C(c2ccccn2)OC1c1ccccc1. The third-order valence-corrected chi connectivity index (χ3v) is 3.01. The summed E-state index contributed by atoms with van der Waals surface area (Å²) >= 11 is 0. The Morgan fingerprint density at radius 3 is 2.50 bits per heavy atom. The minimum atomic E-state index is -0.0109. The van der Waals surface area contributed by atoms with Gasteiger partial charge in [0.2, 0.25) is 5.90 Å². The van der Waals surface area contributed by atoms with Gasteiger partial charge in [0.25, 0.3) is 0 Å². The Morgan fingerprint density at radius 2 is 1.78 bits per heavy atom. The molecule has 0 fully saturated rings. The summed E-state index contributed by atoms with van der Waals surface area (Å²) in [6.07, 6.45) is 1.74. The maximum absolute atomic E-state index is 5.93. The van der Waals surface area contributed by atoms with Gasteiger partial charge < -0.3 is 4.74 Å². The first-order valence-corrected chi connectivity index (χ1v) is 6.05. The van der Waals surface area contributed by atoms with Gasteiger partial charge in [-0.05, 0) is 24.6 Å². The Morgan fingerprint density at radius 1 is 1.00 bits per heavy atom. The molecule has 2 unspecified atom stereocenters. The van der Waals surface area contributed by atoms with E-state index in [1.807, 2.05) is 36.4 Å². The van der Waals surface area contributed by atoms with Gasteiger partial charge in [-0.2, -0.15) is 0 Å². The predicted octanol–water partition coefficient (Wildman–Crippen LogP) is 2.99. The van der Waals surface area contributed by atoms with Crippen LogP contribution in [0.4, 0.5) is 0 Å². The van der Waals surface area contributed by atoms with E-state index in [0.717, 1.165) is 11.3 Å². The lowest BCUT2D eigenvalue weighted by molar-refractivity contribution is 0.202. The van der Waals surface area contributed by atoms with E-state index in [1.54, 1.807) is 6.20 Å². The molecule has 1 aromatic heterocycles. The Labute approximate surface area is 106 Å². The highest BCUT2D eigenvalue weighted by Gasteiger charge is 2.29. The Kier molecular flexibility index (Phi) is 2.81. The van der Waals surface area contributed by atoms with E-state index in [9.17, 15) is 0 Å². The van der Waals surface area contributed by atoms with Gasteiger partial charge in [0.1, 0.15) is 11.8 Å². The average Bonchev–Trinajstić information content (AvgIpc) is 2.83. The highest BCUT2D eigenvalue weighted by atomic mass is 16.5. The van der Waals surface area contributed by atoms with Crippen molar-refractivity contribution < 1.29 is 4.74 Å². The minimum absolute atomic E-state index is 0.0109. The molecule has 1 aliphatic rings. The summed E-state index contributed by atoms with van der Waals surface area (Å²) in [7, 11) is 0. The number of hydrogen-bond donors (Lipinski definition) is 0. The average molecular weight is 238 g/mol. The van der Waals surface area contributed by atoms with Gasteiger partial charge in [-0.1, -0.05) is 36.4 Å². The van der Waals surface area contributed by atoms with Crippen LogP contribution in [-0.4, -0.2) is 16.9 Å². The summed E-state index contributed by atoms with van der Waals surface area (Å²) in [4.78, 5) is 8.82. The van der Waals surface area contributed by atoms with Crippen molar-refractivity contribution in [2.24, 2.45) is 4.99 Å². The van der Waals surface area contributed by atoms with Crippen molar-refractivity contribution in [3.63, 3.8) is 0 Å². The number of benzene rings is 1. The molecule has 0 aliphatic carbocycles. The lowest BCUT2D eigenvalue weighted by Crippen LogP contribution is -2.11. The molecule has 0 saturated carbocycles. The molecule has 0 saturated heterocycles. The number of aliphatic imine (C=N–C) groups is 1. The van der Waals surface area contributed by atoms with Gasteiger partial charge in [-0.15, -0.1) is 0 Å². The molecule has 2 atom stereocenters. The molecule has 3 rings (SSSR count).